The van der Waals surface area contributed by atoms with Crippen LogP contribution in [0.3, 0.4) is 0 Å². The molecule has 0 amide bonds. The molecule has 0 unspecified atom stereocenters. The van der Waals surface area contributed by atoms with Crippen molar-refractivity contribution in [2.45, 2.75) is 6.18 Å². The third kappa shape index (κ3) is 2.73. The van der Waals surface area contributed by atoms with Crippen LogP contribution in [-0.4, -0.2) is 17.5 Å². The van der Waals surface area contributed by atoms with Crippen molar-refractivity contribution in [3.05, 3.63) is 59.8 Å². The highest BCUT2D eigenvalue weighted by atomic mass is 19.4. The minimum atomic E-state index is -4.49. The standard InChI is InChI=1S/C19H14F3NO2/c1-23-10-14(13-4-2-3-5-16(13)23)15(19(20,21)22)8-12-6-7-17-18(9-12)25-11-24-17/h2-10H,11H2,1H3/b15-8+. The summed E-state index contributed by atoms with van der Waals surface area (Å²) in [7, 11) is 1.74. The van der Waals surface area contributed by atoms with Crippen molar-refractivity contribution in [2.75, 3.05) is 6.79 Å². The first-order chi connectivity index (χ1) is 11.9. The molecule has 1 aliphatic heterocycles. The third-order valence-corrected chi connectivity index (χ3v) is 4.20. The van der Waals surface area contributed by atoms with Gasteiger partial charge in [0, 0.05) is 29.7 Å². The van der Waals surface area contributed by atoms with E-state index in [2.05, 4.69) is 0 Å². The number of benzene rings is 2. The first-order valence-electron chi connectivity index (χ1n) is 7.66. The molecule has 6 heteroatoms. The molecule has 0 saturated heterocycles. The fourth-order valence-electron chi connectivity index (χ4n) is 3.04. The van der Waals surface area contributed by atoms with Crippen molar-refractivity contribution in [1.82, 2.24) is 4.57 Å². The van der Waals surface area contributed by atoms with Crippen molar-refractivity contribution in [2.24, 2.45) is 7.05 Å². The van der Waals surface area contributed by atoms with Crippen LogP contribution in [0.25, 0.3) is 22.6 Å². The molecule has 2 heterocycles. The second-order valence-corrected chi connectivity index (χ2v) is 5.84. The molecular weight excluding hydrogens is 331 g/mol. The molecule has 3 aromatic rings. The number of nitrogens with zero attached hydrogens (tertiary/aromatic N) is 1. The number of halogens is 3. The lowest BCUT2D eigenvalue weighted by atomic mass is 10.0. The van der Waals surface area contributed by atoms with E-state index in [0.29, 0.717) is 22.4 Å². The maximum atomic E-state index is 13.8. The summed E-state index contributed by atoms with van der Waals surface area (Å²) in [4.78, 5) is 0. The Morgan fingerprint density at radius 3 is 2.64 bits per heavy atom. The average Bonchev–Trinajstić information content (AvgIpc) is 3.16. The molecule has 0 atom stereocenters. The van der Waals surface area contributed by atoms with E-state index in [1.54, 1.807) is 54.1 Å². The minimum absolute atomic E-state index is 0.0813. The number of allylic oxidation sites excluding steroid dienone is 1. The summed E-state index contributed by atoms with van der Waals surface area (Å²) >= 11 is 0. The van der Waals surface area contributed by atoms with Crippen molar-refractivity contribution in [3.8, 4) is 11.5 Å². The molecule has 4 rings (SSSR count). The van der Waals surface area contributed by atoms with Gasteiger partial charge in [-0.1, -0.05) is 24.3 Å². The Hall–Kier alpha value is -2.89. The van der Waals surface area contributed by atoms with Gasteiger partial charge in [0.15, 0.2) is 11.5 Å². The van der Waals surface area contributed by atoms with Crippen LogP contribution in [0, 0.1) is 0 Å². The van der Waals surface area contributed by atoms with E-state index in [9.17, 15) is 13.2 Å². The van der Waals surface area contributed by atoms with Crippen LogP contribution < -0.4 is 9.47 Å². The lowest BCUT2D eigenvalue weighted by Gasteiger charge is -2.12. The molecule has 0 aliphatic carbocycles. The largest absolute Gasteiger partial charge is 0.454 e. The fourth-order valence-corrected chi connectivity index (χ4v) is 3.04. The first-order valence-corrected chi connectivity index (χ1v) is 7.66. The van der Waals surface area contributed by atoms with Crippen molar-refractivity contribution < 1.29 is 22.6 Å². The SMILES string of the molecule is Cn1cc(/C(=C\c2ccc3c(c2)OCO3)C(F)(F)F)c2ccccc21. The topological polar surface area (TPSA) is 23.4 Å². The molecule has 0 N–H and O–H groups in total. The monoisotopic (exact) mass is 345 g/mol. The van der Waals surface area contributed by atoms with Crippen LogP contribution in [0.15, 0.2) is 48.7 Å². The number of hydrogen-bond acceptors (Lipinski definition) is 2. The number of fused-ring (bicyclic) bond motifs is 2. The highest BCUT2D eigenvalue weighted by molar-refractivity contribution is 5.98. The molecule has 0 bridgehead atoms. The second-order valence-electron chi connectivity index (χ2n) is 5.84. The number of para-hydroxylation sites is 1. The Labute approximate surface area is 141 Å². The molecule has 0 spiro atoms. The van der Waals surface area contributed by atoms with Gasteiger partial charge in [0.2, 0.25) is 6.79 Å². The van der Waals surface area contributed by atoms with Gasteiger partial charge in [-0.2, -0.15) is 13.2 Å². The van der Waals surface area contributed by atoms with E-state index in [-0.39, 0.29) is 12.4 Å². The van der Waals surface area contributed by atoms with E-state index < -0.39 is 11.7 Å². The predicted molar refractivity (Wildman–Crippen MR) is 89.4 cm³/mol. The van der Waals surface area contributed by atoms with Crippen LogP contribution in [-0.2, 0) is 7.05 Å². The lowest BCUT2D eigenvalue weighted by molar-refractivity contribution is -0.0682. The molecule has 25 heavy (non-hydrogen) atoms. The summed E-state index contributed by atoms with van der Waals surface area (Å²) in [6, 6.07) is 11.8. The average molecular weight is 345 g/mol. The Kier molecular flexibility index (Phi) is 3.49. The Bertz CT molecular complexity index is 986. The number of ether oxygens (including phenoxy) is 2. The highest BCUT2D eigenvalue weighted by Crippen LogP contribution is 2.40. The zero-order valence-electron chi connectivity index (χ0n) is 13.3. The molecule has 0 radical (unpaired) electrons. The molecule has 1 aromatic heterocycles. The number of aryl methyl sites for hydroxylation is 1. The van der Waals surface area contributed by atoms with Gasteiger partial charge in [-0.05, 0) is 29.8 Å². The molecule has 0 fully saturated rings. The third-order valence-electron chi connectivity index (χ3n) is 4.20. The summed E-state index contributed by atoms with van der Waals surface area (Å²) in [5.74, 6) is 0.990. The smallest absolute Gasteiger partial charge is 0.417 e. The molecule has 0 saturated carbocycles. The second kappa shape index (κ2) is 5.58. The summed E-state index contributed by atoms with van der Waals surface area (Å²) < 4.78 is 53.5. The van der Waals surface area contributed by atoms with Crippen LogP contribution >= 0.6 is 0 Å². The van der Waals surface area contributed by atoms with Crippen LogP contribution in [0.4, 0.5) is 13.2 Å². The molecule has 2 aromatic carbocycles. The summed E-state index contributed by atoms with van der Waals surface area (Å²) in [6.07, 6.45) is -1.83. The number of aromatic nitrogens is 1. The van der Waals surface area contributed by atoms with Gasteiger partial charge in [-0.3, -0.25) is 0 Å². The number of rotatable bonds is 2. The van der Waals surface area contributed by atoms with Crippen molar-refractivity contribution in [3.63, 3.8) is 0 Å². The summed E-state index contributed by atoms with van der Waals surface area (Å²) in [5, 5.41) is 0.564. The Balaban J connectivity index is 1.89. The number of alkyl halides is 3. The van der Waals surface area contributed by atoms with Gasteiger partial charge in [-0.25, -0.2) is 0 Å². The molecule has 1 aliphatic rings. The molecule has 3 nitrogen and oxygen atoms in total. The Morgan fingerprint density at radius 2 is 1.84 bits per heavy atom. The van der Waals surface area contributed by atoms with E-state index >= 15 is 0 Å². The van der Waals surface area contributed by atoms with Gasteiger partial charge in [-0.15, -0.1) is 0 Å². The van der Waals surface area contributed by atoms with Gasteiger partial charge < -0.3 is 14.0 Å². The summed E-state index contributed by atoms with van der Waals surface area (Å²) in [6.45, 7) is 0.0813. The zero-order chi connectivity index (χ0) is 17.6. The molecular formula is C19H14F3NO2. The van der Waals surface area contributed by atoms with E-state index in [1.807, 2.05) is 0 Å². The van der Waals surface area contributed by atoms with Crippen molar-refractivity contribution in [1.29, 1.82) is 0 Å². The fraction of sp³-hybridized carbons (Fsp3) is 0.158. The van der Waals surface area contributed by atoms with Crippen LogP contribution in [0.5, 0.6) is 11.5 Å². The van der Waals surface area contributed by atoms with Gasteiger partial charge in [0.25, 0.3) is 0 Å². The highest BCUT2D eigenvalue weighted by Gasteiger charge is 2.36. The van der Waals surface area contributed by atoms with Crippen LogP contribution in [0.2, 0.25) is 0 Å². The van der Waals surface area contributed by atoms with Gasteiger partial charge >= 0.3 is 6.18 Å². The first kappa shape index (κ1) is 15.6. The van der Waals surface area contributed by atoms with E-state index in [1.165, 1.54) is 6.20 Å². The summed E-state index contributed by atoms with van der Waals surface area (Å²) in [5.41, 5.74) is 0.620. The van der Waals surface area contributed by atoms with E-state index in [4.69, 9.17) is 9.47 Å². The number of hydrogen-bond donors (Lipinski definition) is 0. The maximum Gasteiger partial charge on any atom is 0.417 e. The normalized spacial score (nSPS) is 14.3. The minimum Gasteiger partial charge on any atom is -0.454 e. The maximum absolute atomic E-state index is 13.8. The van der Waals surface area contributed by atoms with Crippen LogP contribution in [0.1, 0.15) is 11.1 Å². The predicted octanol–water partition coefficient (Wildman–Crippen LogP) is 5.01. The lowest BCUT2D eigenvalue weighted by Crippen LogP contribution is -2.10. The van der Waals surface area contributed by atoms with E-state index in [0.717, 1.165) is 11.6 Å². The van der Waals surface area contributed by atoms with Gasteiger partial charge in [0.05, 0.1) is 5.57 Å². The quantitative estimate of drug-likeness (QED) is 0.652. The molecule has 128 valence electrons. The van der Waals surface area contributed by atoms with Gasteiger partial charge in [0.1, 0.15) is 0 Å². The Morgan fingerprint density at radius 1 is 1.08 bits per heavy atom. The van der Waals surface area contributed by atoms with Crippen molar-refractivity contribution >= 4 is 22.6 Å². The zero-order valence-corrected chi connectivity index (χ0v) is 13.3.